The number of benzene rings is 1. The van der Waals surface area contributed by atoms with Gasteiger partial charge in [0.2, 0.25) is 0 Å². The van der Waals surface area contributed by atoms with Crippen LogP contribution in [0.3, 0.4) is 0 Å². The molecular weight excluding hydrogens is 218 g/mol. The van der Waals surface area contributed by atoms with Crippen molar-refractivity contribution >= 4 is 11.4 Å². The zero-order chi connectivity index (χ0) is 12.3. The molecule has 2 aromatic rings. The molecule has 0 atom stereocenters. The lowest BCUT2D eigenvalue weighted by molar-refractivity contribution is -0.384. The van der Waals surface area contributed by atoms with Gasteiger partial charge in [-0.1, -0.05) is 30.3 Å². The molecule has 0 bridgehead atoms. The Labute approximate surface area is 98.1 Å². The van der Waals surface area contributed by atoms with Gasteiger partial charge >= 0.3 is 5.69 Å². The minimum absolute atomic E-state index is 0.101. The van der Waals surface area contributed by atoms with Gasteiger partial charge in [-0.25, -0.2) is 0 Å². The molecule has 5 heteroatoms. The van der Waals surface area contributed by atoms with Crippen LogP contribution in [-0.4, -0.2) is 9.91 Å². The first-order valence-electron chi connectivity index (χ1n) is 5.10. The summed E-state index contributed by atoms with van der Waals surface area (Å²) in [5.41, 5.74) is 7.00. The molecule has 0 unspecified atom stereocenters. The second-order valence-corrected chi connectivity index (χ2v) is 3.61. The van der Waals surface area contributed by atoms with E-state index in [4.69, 9.17) is 5.73 Å². The zero-order valence-electron chi connectivity index (χ0n) is 9.04. The first-order valence-corrected chi connectivity index (χ1v) is 5.10. The zero-order valence-corrected chi connectivity index (χ0v) is 9.04. The highest BCUT2D eigenvalue weighted by atomic mass is 16.6. The number of aromatic nitrogens is 1. The first kappa shape index (κ1) is 11.1. The highest BCUT2D eigenvalue weighted by molar-refractivity contribution is 5.60. The quantitative estimate of drug-likeness (QED) is 0.645. The molecule has 0 aliphatic carbocycles. The van der Waals surface area contributed by atoms with Crippen LogP contribution in [-0.2, 0) is 6.42 Å². The third-order valence-corrected chi connectivity index (χ3v) is 2.43. The number of nitrogens with two attached hydrogens (primary N) is 1. The number of hydrogen-bond donors (Lipinski definition) is 1. The van der Waals surface area contributed by atoms with E-state index in [0.717, 1.165) is 5.56 Å². The maximum absolute atomic E-state index is 10.9. The van der Waals surface area contributed by atoms with Gasteiger partial charge in [0.15, 0.2) is 0 Å². The third kappa shape index (κ3) is 2.39. The fourth-order valence-electron chi connectivity index (χ4n) is 1.64. The molecule has 2 rings (SSSR count). The van der Waals surface area contributed by atoms with Crippen LogP contribution >= 0.6 is 0 Å². The van der Waals surface area contributed by atoms with E-state index in [1.165, 1.54) is 12.3 Å². The smallest absolute Gasteiger partial charge is 0.313 e. The van der Waals surface area contributed by atoms with E-state index in [2.05, 4.69) is 4.98 Å². The Morgan fingerprint density at radius 1 is 1.24 bits per heavy atom. The summed E-state index contributed by atoms with van der Waals surface area (Å²) >= 11 is 0. The summed E-state index contributed by atoms with van der Waals surface area (Å²) in [5, 5.41) is 10.9. The molecule has 2 N–H and O–H groups in total. The van der Waals surface area contributed by atoms with Gasteiger partial charge in [-0.2, -0.15) is 0 Å². The summed E-state index contributed by atoms with van der Waals surface area (Å²) < 4.78 is 0. The first-order chi connectivity index (χ1) is 8.18. The normalized spacial score (nSPS) is 10.1. The molecule has 0 amide bonds. The van der Waals surface area contributed by atoms with Gasteiger partial charge in [-0.3, -0.25) is 15.1 Å². The summed E-state index contributed by atoms with van der Waals surface area (Å²) in [6.07, 6.45) is 1.89. The highest BCUT2D eigenvalue weighted by Crippen LogP contribution is 2.25. The summed E-state index contributed by atoms with van der Waals surface area (Å²) in [4.78, 5) is 14.5. The molecule has 0 spiro atoms. The number of nitro groups is 1. The number of nitrogens with zero attached hydrogens (tertiary/aromatic N) is 2. The predicted octanol–water partition coefficient (Wildman–Crippen LogP) is 2.16. The highest BCUT2D eigenvalue weighted by Gasteiger charge is 2.18. The lowest BCUT2D eigenvalue weighted by Gasteiger charge is -2.04. The Bertz CT molecular complexity index is 541. The van der Waals surface area contributed by atoms with E-state index < -0.39 is 4.92 Å². The van der Waals surface area contributed by atoms with Gasteiger partial charge < -0.3 is 5.73 Å². The average Bonchev–Trinajstić information content (AvgIpc) is 2.30. The Balaban J connectivity index is 2.40. The van der Waals surface area contributed by atoms with Crippen molar-refractivity contribution in [1.29, 1.82) is 0 Å². The fourth-order valence-corrected chi connectivity index (χ4v) is 1.64. The maximum atomic E-state index is 10.9. The second-order valence-electron chi connectivity index (χ2n) is 3.61. The molecule has 1 aromatic heterocycles. The SMILES string of the molecule is Nc1ccnc(Cc2ccccc2)c1[N+](=O)[O-]. The van der Waals surface area contributed by atoms with Gasteiger partial charge in [0.05, 0.1) is 4.92 Å². The predicted molar refractivity (Wildman–Crippen MR) is 64.6 cm³/mol. The van der Waals surface area contributed by atoms with Crippen LogP contribution in [0.1, 0.15) is 11.3 Å². The molecule has 0 aliphatic rings. The second kappa shape index (κ2) is 4.61. The monoisotopic (exact) mass is 229 g/mol. The Morgan fingerprint density at radius 2 is 1.94 bits per heavy atom. The minimum atomic E-state index is -0.486. The van der Waals surface area contributed by atoms with Crippen molar-refractivity contribution in [3.8, 4) is 0 Å². The van der Waals surface area contributed by atoms with Crippen LogP contribution in [0.2, 0.25) is 0 Å². The Kier molecular flexibility index (Phi) is 3.00. The fraction of sp³-hybridized carbons (Fsp3) is 0.0833. The van der Waals surface area contributed by atoms with E-state index in [0.29, 0.717) is 12.1 Å². The molecule has 0 aliphatic heterocycles. The summed E-state index contributed by atoms with van der Waals surface area (Å²) in [7, 11) is 0. The number of nitrogen functional groups attached to an aromatic ring is 1. The van der Waals surface area contributed by atoms with Crippen LogP contribution in [0.25, 0.3) is 0 Å². The van der Waals surface area contributed by atoms with E-state index in [1.54, 1.807) is 0 Å². The third-order valence-electron chi connectivity index (χ3n) is 2.43. The Morgan fingerprint density at radius 3 is 2.59 bits per heavy atom. The van der Waals surface area contributed by atoms with Gasteiger partial charge in [-0.05, 0) is 11.6 Å². The van der Waals surface area contributed by atoms with Gasteiger partial charge in [0, 0.05) is 12.6 Å². The maximum Gasteiger partial charge on any atom is 0.313 e. The van der Waals surface area contributed by atoms with Gasteiger partial charge in [0.25, 0.3) is 0 Å². The van der Waals surface area contributed by atoms with Crippen molar-refractivity contribution in [2.45, 2.75) is 6.42 Å². The molecule has 1 heterocycles. The minimum Gasteiger partial charge on any atom is -0.393 e. The standard InChI is InChI=1S/C12H11N3O2/c13-10-6-7-14-11(12(10)15(16)17)8-9-4-2-1-3-5-9/h1-7H,8H2,(H2,13,14). The van der Waals surface area contributed by atoms with Crippen molar-refractivity contribution in [3.05, 3.63) is 64.0 Å². The van der Waals surface area contributed by atoms with Gasteiger partial charge in [-0.15, -0.1) is 0 Å². The van der Waals surface area contributed by atoms with Crippen molar-refractivity contribution < 1.29 is 4.92 Å². The molecule has 86 valence electrons. The topological polar surface area (TPSA) is 82.0 Å². The Hall–Kier alpha value is -2.43. The van der Waals surface area contributed by atoms with E-state index in [9.17, 15) is 10.1 Å². The van der Waals surface area contributed by atoms with E-state index in [-0.39, 0.29) is 11.4 Å². The lowest BCUT2D eigenvalue weighted by Crippen LogP contribution is -2.03. The van der Waals surface area contributed by atoms with E-state index >= 15 is 0 Å². The van der Waals surface area contributed by atoms with Crippen LogP contribution < -0.4 is 5.73 Å². The summed E-state index contributed by atoms with van der Waals surface area (Å²) in [6, 6.07) is 10.9. The molecule has 1 aromatic carbocycles. The number of pyridine rings is 1. The van der Waals surface area contributed by atoms with Crippen LogP contribution in [0.5, 0.6) is 0 Å². The molecule has 0 radical (unpaired) electrons. The molecular formula is C12H11N3O2. The van der Waals surface area contributed by atoms with Gasteiger partial charge in [0.1, 0.15) is 11.4 Å². The average molecular weight is 229 g/mol. The van der Waals surface area contributed by atoms with Crippen LogP contribution in [0.15, 0.2) is 42.6 Å². The van der Waals surface area contributed by atoms with Crippen molar-refractivity contribution in [2.24, 2.45) is 0 Å². The molecule has 5 nitrogen and oxygen atoms in total. The summed E-state index contributed by atoms with van der Waals surface area (Å²) in [6.45, 7) is 0. The van der Waals surface area contributed by atoms with Crippen LogP contribution in [0.4, 0.5) is 11.4 Å². The lowest BCUT2D eigenvalue weighted by atomic mass is 10.1. The largest absolute Gasteiger partial charge is 0.393 e. The van der Waals surface area contributed by atoms with Crippen molar-refractivity contribution in [2.75, 3.05) is 5.73 Å². The van der Waals surface area contributed by atoms with Crippen molar-refractivity contribution in [3.63, 3.8) is 0 Å². The number of hydrogen-bond acceptors (Lipinski definition) is 4. The van der Waals surface area contributed by atoms with Crippen molar-refractivity contribution in [1.82, 2.24) is 4.98 Å². The number of rotatable bonds is 3. The summed E-state index contributed by atoms with van der Waals surface area (Å²) in [5.74, 6) is 0. The number of anilines is 1. The van der Waals surface area contributed by atoms with Crippen LogP contribution in [0, 0.1) is 10.1 Å². The molecule has 0 saturated carbocycles. The molecule has 0 saturated heterocycles. The molecule has 0 fully saturated rings. The molecule has 17 heavy (non-hydrogen) atoms. The van der Waals surface area contributed by atoms with E-state index in [1.807, 2.05) is 30.3 Å².